The molecule has 4 rings (SSSR count). The first kappa shape index (κ1) is 12.2. The van der Waals surface area contributed by atoms with E-state index in [0.29, 0.717) is 10.5 Å². The summed E-state index contributed by atoms with van der Waals surface area (Å²) in [6.07, 6.45) is -1.08. The predicted molar refractivity (Wildman–Crippen MR) is 67.0 cm³/mol. The highest BCUT2D eigenvalue weighted by Crippen LogP contribution is 2.35. The van der Waals surface area contributed by atoms with Crippen molar-refractivity contribution >= 4 is 22.7 Å². The number of amides is 1. The fourth-order valence-corrected chi connectivity index (χ4v) is 4.28. The van der Waals surface area contributed by atoms with E-state index in [1.54, 1.807) is 24.3 Å². The van der Waals surface area contributed by atoms with Crippen LogP contribution in [0, 0.1) is 0 Å². The Labute approximate surface area is 117 Å². The van der Waals surface area contributed by atoms with Crippen LogP contribution in [0.5, 0.6) is 0 Å². The lowest BCUT2D eigenvalue weighted by Gasteiger charge is -2.32. The Bertz CT molecular complexity index is 610. The summed E-state index contributed by atoms with van der Waals surface area (Å²) >= 11 is 0. The number of rotatable bonds is 1. The minimum atomic E-state index is -1.59. The Kier molecular flexibility index (Phi) is 2.57. The van der Waals surface area contributed by atoms with Crippen LogP contribution in [0.15, 0.2) is 29.2 Å². The summed E-state index contributed by atoms with van der Waals surface area (Å²) in [4.78, 5) is 24.7. The molecule has 2 fully saturated rings. The highest BCUT2D eigenvalue weighted by atomic mass is 32.2. The minimum Gasteiger partial charge on any atom is -0.343 e. The average Bonchev–Trinajstić information content (AvgIpc) is 2.99. The van der Waals surface area contributed by atoms with Gasteiger partial charge < -0.3 is 9.47 Å². The second-order valence-electron chi connectivity index (χ2n) is 4.95. The first-order valence-corrected chi connectivity index (χ1v) is 7.42. The van der Waals surface area contributed by atoms with Crippen LogP contribution in [0.1, 0.15) is 16.8 Å². The molecule has 3 heterocycles. The quantitative estimate of drug-likeness (QED) is 0.742. The molecule has 0 N–H and O–H groups in total. The van der Waals surface area contributed by atoms with Crippen molar-refractivity contribution in [1.82, 2.24) is 4.31 Å². The number of ketones is 1. The summed E-state index contributed by atoms with van der Waals surface area (Å²) in [5.41, 5.74) is 0.430. The van der Waals surface area contributed by atoms with Crippen LogP contribution in [0.2, 0.25) is 0 Å². The van der Waals surface area contributed by atoms with Gasteiger partial charge in [0.25, 0.3) is 5.91 Å². The van der Waals surface area contributed by atoms with Crippen LogP contribution in [0.3, 0.4) is 0 Å². The Morgan fingerprint density at radius 3 is 2.85 bits per heavy atom. The monoisotopic (exact) mass is 293 g/mol. The Hall–Kier alpha value is -1.57. The van der Waals surface area contributed by atoms with Crippen molar-refractivity contribution < 1.29 is 23.3 Å². The summed E-state index contributed by atoms with van der Waals surface area (Å²) in [6, 6.07) is 6.26. The van der Waals surface area contributed by atoms with E-state index in [9.17, 15) is 13.8 Å². The molecule has 7 heteroatoms. The van der Waals surface area contributed by atoms with Crippen molar-refractivity contribution in [3.05, 3.63) is 29.8 Å². The lowest BCUT2D eigenvalue weighted by atomic mass is 10.0. The maximum Gasteiger partial charge on any atom is 0.267 e. The van der Waals surface area contributed by atoms with Crippen molar-refractivity contribution in [2.75, 3.05) is 6.61 Å². The van der Waals surface area contributed by atoms with Crippen molar-refractivity contribution in [1.29, 1.82) is 0 Å². The standard InChI is InChI=1S/C13H11NO5S/c15-9-5-8(10-6-18-13(9)19-10)14-12(16)7-3-1-2-4-11(7)20(14)17/h1-4,8,10,13H,5-6H2. The van der Waals surface area contributed by atoms with Crippen LogP contribution in [0.4, 0.5) is 0 Å². The highest BCUT2D eigenvalue weighted by Gasteiger charge is 2.50. The molecule has 0 radical (unpaired) electrons. The van der Waals surface area contributed by atoms with Crippen molar-refractivity contribution in [3.8, 4) is 0 Å². The summed E-state index contributed by atoms with van der Waals surface area (Å²) in [5.74, 6) is -0.518. The zero-order chi connectivity index (χ0) is 13.9. The molecule has 6 nitrogen and oxygen atoms in total. The summed E-state index contributed by atoms with van der Waals surface area (Å²) < 4.78 is 24.4. The third-order valence-electron chi connectivity index (χ3n) is 3.80. The SMILES string of the molecule is O=C1CC(N2C(=O)c3ccccc3S2=O)C2COC1O2. The van der Waals surface area contributed by atoms with Gasteiger partial charge in [0, 0.05) is 6.42 Å². The van der Waals surface area contributed by atoms with Gasteiger partial charge >= 0.3 is 0 Å². The number of ether oxygens (including phenoxy) is 2. The molecule has 0 aromatic heterocycles. The van der Waals surface area contributed by atoms with Gasteiger partial charge in [-0.3, -0.25) is 9.59 Å². The molecule has 1 aromatic rings. The number of fused-ring (bicyclic) bond motifs is 3. The smallest absolute Gasteiger partial charge is 0.267 e. The first-order chi connectivity index (χ1) is 9.66. The van der Waals surface area contributed by atoms with Gasteiger partial charge in [-0.2, -0.15) is 0 Å². The number of carbonyl (C=O) groups excluding carboxylic acids is 2. The van der Waals surface area contributed by atoms with Gasteiger partial charge in [0.05, 0.1) is 23.1 Å². The zero-order valence-corrected chi connectivity index (χ0v) is 11.2. The maximum absolute atomic E-state index is 12.5. The number of benzene rings is 1. The third kappa shape index (κ3) is 1.54. The molecule has 3 aliphatic rings. The topological polar surface area (TPSA) is 72.9 Å². The van der Waals surface area contributed by atoms with E-state index in [1.165, 1.54) is 4.31 Å². The van der Waals surface area contributed by atoms with E-state index in [0.717, 1.165) is 0 Å². The molecule has 1 aromatic carbocycles. The van der Waals surface area contributed by atoms with E-state index in [-0.39, 0.29) is 30.8 Å². The van der Waals surface area contributed by atoms with E-state index < -0.39 is 23.3 Å². The first-order valence-electron chi connectivity index (χ1n) is 6.31. The molecule has 104 valence electrons. The van der Waals surface area contributed by atoms with Gasteiger partial charge in [-0.1, -0.05) is 12.1 Å². The normalized spacial score (nSPS) is 35.5. The largest absolute Gasteiger partial charge is 0.343 e. The number of carbonyl (C=O) groups is 2. The summed E-state index contributed by atoms with van der Waals surface area (Å²) in [5, 5.41) is 0. The molecule has 0 aliphatic carbocycles. The van der Waals surface area contributed by atoms with Gasteiger partial charge in [-0.25, -0.2) is 8.51 Å². The van der Waals surface area contributed by atoms with E-state index >= 15 is 0 Å². The fraction of sp³-hybridized carbons (Fsp3) is 0.385. The van der Waals surface area contributed by atoms with E-state index in [2.05, 4.69) is 0 Å². The second kappa shape index (κ2) is 4.21. The minimum absolute atomic E-state index is 0.126. The van der Waals surface area contributed by atoms with Gasteiger partial charge in [0.15, 0.2) is 16.8 Å². The van der Waals surface area contributed by atoms with E-state index in [1.807, 2.05) is 0 Å². The van der Waals surface area contributed by atoms with Crippen molar-refractivity contribution in [3.63, 3.8) is 0 Å². The Balaban J connectivity index is 1.72. The van der Waals surface area contributed by atoms with Crippen molar-refractivity contribution in [2.45, 2.75) is 29.8 Å². The lowest BCUT2D eigenvalue weighted by molar-refractivity contribution is -0.155. The molecular weight excluding hydrogens is 282 g/mol. The van der Waals surface area contributed by atoms with Crippen LogP contribution in [-0.2, 0) is 25.3 Å². The predicted octanol–water partition coefficient (Wildman–Crippen LogP) is 0.248. The lowest BCUT2D eigenvalue weighted by Crippen LogP contribution is -2.50. The van der Waals surface area contributed by atoms with Gasteiger partial charge in [0.2, 0.25) is 6.29 Å². The van der Waals surface area contributed by atoms with E-state index in [4.69, 9.17) is 9.47 Å². The molecular formula is C13H11NO5S. The molecule has 4 unspecified atom stereocenters. The zero-order valence-electron chi connectivity index (χ0n) is 10.4. The van der Waals surface area contributed by atoms with Gasteiger partial charge in [-0.15, -0.1) is 0 Å². The van der Waals surface area contributed by atoms with Gasteiger partial charge in [0.1, 0.15) is 6.10 Å². The Morgan fingerprint density at radius 1 is 1.25 bits per heavy atom. The molecule has 3 aliphatic heterocycles. The second-order valence-corrected chi connectivity index (χ2v) is 6.29. The highest BCUT2D eigenvalue weighted by molar-refractivity contribution is 7.84. The summed E-state index contributed by atoms with van der Waals surface area (Å²) in [7, 11) is -1.59. The maximum atomic E-state index is 12.5. The van der Waals surface area contributed by atoms with Crippen LogP contribution in [0.25, 0.3) is 0 Å². The number of Topliss-reactive ketones (excluding diaryl/α,β-unsaturated/α-hetero) is 1. The molecule has 2 bridgehead atoms. The molecule has 1 amide bonds. The number of nitrogens with zero attached hydrogens (tertiary/aromatic N) is 1. The van der Waals surface area contributed by atoms with Crippen LogP contribution >= 0.6 is 0 Å². The molecule has 20 heavy (non-hydrogen) atoms. The summed E-state index contributed by atoms with van der Waals surface area (Å²) in [6.45, 7) is 0.248. The molecule has 2 saturated heterocycles. The molecule has 0 spiro atoms. The molecule has 4 atom stereocenters. The average molecular weight is 293 g/mol. The fourth-order valence-electron chi connectivity index (χ4n) is 2.83. The van der Waals surface area contributed by atoms with Gasteiger partial charge in [-0.05, 0) is 12.1 Å². The number of hydrogen-bond acceptors (Lipinski definition) is 5. The Morgan fingerprint density at radius 2 is 2.05 bits per heavy atom. The number of hydrogen-bond donors (Lipinski definition) is 0. The molecule has 0 saturated carbocycles. The van der Waals surface area contributed by atoms with Crippen LogP contribution in [-0.4, -0.2) is 45.2 Å². The van der Waals surface area contributed by atoms with Crippen molar-refractivity contribution in [2.24, 2.45) is 0 Å². The third-order valence-corrected chi connectivity index (χ3v) is 5.32. The van der Waals surface area contributed by atoms with Crippen LogP contribution < -0.4 is 0 Å².